The quantitative estimate of drug-likeness (QED) is 0.667. The van der Waals surface area contributed by atoms with Crippen molar-refractivity contribution in [3.05, 3.63) is 27.9 Å². The Morgan fingerprint density at radius 1 is 1.42 bits per heavy atom. The van der Waals surface area contributed by atoms with E-state index in [2.05, 4.69) is 24.1 Å². The normalized spacial score (nSPS) is 19.1. The lowest BCUT2D eigenvalue weighted by molar-refractivity contribution is -0.384. The van der Waals surface area contributed by atoms with Gasteiger partial charge in [0, 0.05) is 18.3 Å². The van der Waals surface area contributed by atoms with Crippen LogP contribution in [-0.4, -0.2) is 15.9 Å². The topological polar surface area (TPSA) is 68.1 Å². The van der Waals surface area contributed by atoms with Crippen LogP contribution in [0, 0.1) is 22.5 Å². The lowest BCUT2D eigenvalue weighted by Gasteiger charge is -2.34. The molecule has 1 heterocycles. The summed E-state index contributed by atoms with van der Waals surface area (Å²) in [5.41, 5.74) is 1.28. The van der Waals surface area contributed by atoms with E-state index in [0.717, 1.165) is 31.2 Å². The first-order chi connectivity index (χ1) is 8.87. The van der Waals surface area contributed by atoms with Gasteiger partial charge in [0.15, 0.2) is 0 Å². The average molecular weight is 263 g/mol. The standard InChI is InChI=1S/C14H21N3O2/c1-10-8-12(17(18)19)13(15-9-10)16-11-4-6-14(2,3)7-5-11/h8-9,11H,4-7H2,1-3H3,(H,15,16). The summed E-state index contributed by atoms with van der Waals surface area (Å²) < 4.78 is 0. The highest BCUT2D eigenvalue weighted by Gasteiger charge is 2.28. The van der Waals surface area contributed by atoms with Gasteiger partial charge in [0.05, 0.1) is 4.92 Å². The van der Waals surface area contributed by atoms with Gasteiger partial charge in [-0.3, -0.25) is 10.1 Å². The van der Waals surface area contributed by atoms with E-state index in [1.165, 1.54) is 0 Å². The zero-order valence-corrected chi connectivity index (χ0v) is 11.8. The van der Waals surface area contributed by atoms with Gasteiger partial charge in [-0.15, -0.1) is 0 Å². The molecule has 0 bridgehead atoms. The van der Waals surface area contributed by atoms with Gasteiger partial charge in [-0.1, -0.05) is 13.8 Å². The summed E-state index contributed by atoms with van der Waals surface area (Å²) in [6, 6.07) is 1.86. The second kappa shape index (κ2) is 5.15. The SMILES string of the molecule is Cc1cnc(NC2CCC(C)(C)CC2)c([N+](=O)[O-])c1. The minimum atomic E-state index is -0.366. The van der Waals surface area contributed by atoms with Crippen LogP contribution < -0.4 is 5.32 Å². The predicted molar refractivity (Wildman–Crippen MR) is 75.3 cm³/mol. The highest BCUT2D eigenvalue weighted by molar-refractivity contribution is 5.57. The number of hydrogen-bond acceptors (Lipinski definition) is 4. The van der Waals surface area contributed by atoms with Crippen molar-refractivity contribution in [2.24, 2.45) is 5.41 Å². The summed E-state index contributed by atoms with van der Waals surface area (Å²) in [6.07, 6.45) is 6.04. The van der Waals surface area contributed by atoms with Crippen molar-refractivity contribution in [3.63, 3.8) is 0 Å². The molecule has 5 nitrogen and oxygen atoms in total. The fraction of sp³-hybridized carbons (Fsp3) is 0.643. The minimum Gasteiger partial charge on any atom is -0.362 e. The van der Waals surface area contributed by atoms with Gasteiger partial charge in [-0.05, 0) is 43.6 Å². The van der Waals surface area contributed by atoms with Crippen molar-refractivity contribution >= 4 is 11.5 Å². The summed E-state index contributed by atoms with van der Waals surface area (Å²) >= 11 is 0. The van der Waals surface area contributed by atoms with Crippen LogP contribution in [0.1, 0.15) is 45.1 Å². The Hall–Kier alpha value is -1.65. The molecule has 19 heavy (non-hydrogen) atoms. The summed E-state index contributed by atoms with van der Waals surface area (Å²) in [5, 5.41) is 14.3. The molecule has 1 aliphatic carbocycles. The van der Waals surface area contributed by atoms with Crippen molar-refractivity contribution in [1.29, 1.82) is 0 Å². The van der Waals surface area contributed by atoms with E-state index >= 15 is 0 Å². The van der Waals surface area contributed by atoms with Gasteiger partial charge in [-0.25, -0.2) is 4.98 Å². The average Bonchev–Trinajstić information content (AvgIpc) is 2.33. The van der Waals surface area contributed by atoms with Crippen molar-refractivity contribution in [1.82, 2.24) is 4.98 Å². The number of hydrogen-bond donors (Lipinski definition) is 1. The molecule has 104 valence electrons. The van der Waals surface area contributed by atoms with Gasteiger partial charge in [-0.2, -0.15) is 0 Å². The van der Waals surface area contributed by atoms with E-state index in [1.54, 1.807) is 12.3 Å². The fourth-order valence-electron chi connectivity index (χ4n) is 2.54. The molecule has 1 saturated carbocycles. The van der Waals surface area contributed by atoms with Crippen molar-refractivity contribution in [2.75, 3.05) is 5.32 Å². The van der Waals surface area contributed by atoms with Crippen molar-refractivity contribution in [2.45, 2.75) is 52.5 Å². The second-order valence-corrected chi connectivity index (χ2v) is 6.22. The van der Waals surface area contributed by atoms with Gasteiger partial charge in [0.1, 0.15) is 0 Å². The lowest BCUT2D eigenvalue weighted by Crippen LogP contribution is -2.30. The van der Waals surface area contributed by atoms with Crippen LogP contribution in [0.25, 0.3) is 0 Å². The zero-order valence-electron chi connectivity index (χ0n) is 11.8. The largest absolute Gasteiger partial charge is 0.362 e. The van der Waals surface area contributed by atoms with E-state index in [0.29, 0.717) is 17.3 Å². The van der Waals surface area contributed by atoms with E-state index < -0.39 is 0 Å². The predicted octanol–water partition coefficient (Wildman–Crippen LogP) is 3.68. The molecule has 1 aliphatic rings. The number of nitrogens with zero attached hydrogens (tertiary/aromatic N) is 2. The van der Waals surface area contributed by atoms with Gasteiger partial charge in [0.2, 0.25) is 5.82 Å². The Bertz CT molecular complexity index is 476. The summed E-state index contributed by atoms with van der Waals surface area (Å²) in [7, 11) is 0. The third-order valence-electron chi connectivity index (χ3n) is 3.88. The lowest BCUT2D eigenvalue weighted by atomic mass is 9.75. The molecule has 0 unspecified atom stereocenters. The first-order valence-corrected chi connectivity index (χ1v) is 6.75. The maximum atomic E-state index is 11.0. The molecular weight excluding hydrogens is 242 g/mol. The highest BCUT2D eigenvalue weighted by atomic mass is 16.6. The molecule has 1 N–H and O–H groups in total. The Labute approximate surface area is 113 Å². The molecule has 1 fully saturated rings. The van der Waals surface area contributed by atoms with Crippen LogP contribution in [0.3, 0.4) is 0 Å². The van der Waals surface area contributed by atoms with E-state index in [4.69, 9.17) is 0 Å². The second-order valence-electron chi connectivity index (χ2n) is 6.22. The van der Waals surface area contributed by atoms with E-state index in [9.17, 15) is 10.1 Å². The number of nitrogens with one attached hydrogen (secondary N) is 1. The van der Waals surface area contributed by atoms with E-state index in [1.807, 2.05) is 6.92 Å². The smallest absolute Gasteiger partial charge is 0.311 e. The van der Waals surface area contributed by atoms with Gasteiger partial charge < -0.3 is 5.32 Å². The Balaban J connectivity index is 2.10. The molecule has 0 amide bonds. The zero-order chi connectivity index (χ0) is 14.0. The van der Waals surface area contributed by atoms with Crippen LogP contribution in [0.15, 0.2) is 12.3 Å². The summed E-state index contributed by atoms with van der Waals surface area (Å²) in [5.74, 6) is 0.403. The highest BCUT2D eigenvalue weighted by Crippen LogP contribution is 2.36. The van der Waals surface area contributed by atoms with Crippen LogP contribution in [0.5, 0.6) is 0 Å². The molecule has 0 spiro atoms. The maximum absolute atomic E-state index is 11.0. The van der Waals surface area contributed by atoms with Crippen LogP contribution in [-0.2, 0) is 0 Å². The first-order valence-electron chi connectivity index (χ1n) is 6.75. The number of rotatable bonds is 3. The first kappa shape index (κ1) is 13.8. The molecule has 0 aromatic carbocycles. The fourth-order valence-corrected chi connectivity index (χ4v) is 2.54. The third-order valence-corrected chi connectivity index (χ3v) is 3.88. The van der Waals surface area contributed by atoms with Crippen LogP contribution in [0.4, 0.5) is 11.5 Å². The summed E-state index contributed by atoms with van der Waals surface area (Å²) in [6.45, 7) is 6.36. The summed E-state index contributed by atoms with van der Waals surface area (Å²) in [4.78, 5) is 14.9. The van der Waals surface area contributed by atoms with Gasteiger partial charge in [0.25, 0.3) is 0 Å². The number of nitro groups is 1. The Morgan fingerprint density at radius 2 is 2.05 bits per heavy atom. The maximum Gasteiger partial charge on any atom is 0.311 e. The molecular formula is C14H21N3O2. The molecule has 2 rings (SSSR count). The molecule has 0 saturated heterocycles. The third kappa shape index (κ3) is 3.43. The Morgan fingerprint density at radius 3 is 2.63 bits per heavy atom. The van der Waals surface area contributed by atoms with Crippen LogP contribution in [0.2, 0.25) is 0 Å². The van der Waals surface area contributed by atoms with Crippen molar-refractivity contribution < 1.29 is 4.92 Å². The monoisotopic (exact) mass is 263 g/mol. The number of aromatic nitrogens is 1. The van der Waals surface area contributed by atoms with Crippen LogP contribution >= 0.6 is 0 Å². The number of anilines is 1. The molecule has 1 aromatic heterocycles. The number of pyridine rings is 1. The molecule has 0 atom stereocenters. The molecule has 0 radical (unpaired) electrons. The van der Waals surface area contributed by atoms with E-state index in [-0.39, 0.29) is 10.6 Å². The molecule has 5 heteroatoms. The Kier molecular flexibility index (Phi) is 3.73. The number of aryl methyl sites for hydroxylation is 1. The molecule has 0 aliphatic heterocycles. The van der Waals surface area contributed by atoms with Crippen molar-refractivity contribution in [3.8, 4) is 0 Å². The molecule has 1 aromatic rings. The minimum absolute atomic E-state index is 0.0739. The van der Waals surface area contributed by atoms with Gasteiger partial charge >= 0.3 is 5.69 Å².